The number of hydrogen-bond donors (Lipinski definition) is 3. The zero-order chi connectivity index (χ0) is 45.2. The predicted molar refractivity (Wildman–Crippen MR) is 269 cm³/mol. The van der Waals surface area contributed by atoms with E-state index in [1.807, 2.05) is 24.3 Å². The maximum absolute atomic E-state index is 13.2. The molecule has 0 radical (unpaired) electrons. The van der Waals surface area contributed by atoms with Crippen LogP contribution in [0.15, 0.2) is 48.6 Å². The van der Waals surface area contributed by atoms with Crippen molar-refractivity contribution >= 4 is 11.9 Å². The molecule has 0 saturated heterocycles. The van der Waals surface area contributed by atoms with Crippen LogP contribution >= 0.6 is 0 Å². The van der Waals surface area contributed by atoms with Gasteiger partial charge in [-0.2, -0.15) is 0 Å². The molecule has 1 amide bonds. The number of rotatable bonds is 48. The van der Waals surface area contributed by atoms with Gasteiger partial charge in [0.2, 0.25) is 5.91 Å². The minimum atomic E-state index is -0.793. The lowest BCUT2D eigenvalue weighted by atomic mass is 10.0. The number of aliphatic hydroxyl groups is 2. The Morgan fingerprint density at radius 2 is 0.871 bits per heavy atom. The summed E-state index contributed by atoms with van der Waals surface area (Å²) in [4.78, 5) is 26.2. The quantitative estimate of drug-likeness (QED) is 0.0322. The average molecular weight is 870 g/mol. The molecule has 62 heavy (non-hydrogen) atoms. The van der Waals surface area contributed by atoms with Crippen LogP contribution in [-0.4, -0.2) is 46.9 Å². The van der Waals surface area contributed by atoms with Crippen LogP contribution in [0, 0.1) is 0 Å². The van der Waals surface area contributed by atoms with Gasteiger partial charge in [0.1, 0.15) is 6.10 Å². The van der Waals surface area contributed by atoms with Crippen LogP contribution in [0.5, 0.6) is 0 Å². The molecule has 0 heterocycles. The van der Waals surface area contributed by atoms with Gasteiger partial charge in [-0.15, -0.1) is 0 Å². The van der Waals surface area contributed by atoms with Crippen molar-refractivity contribution in [2.45, 2.75) is 289 Å². The van der Waals surface area contributed by atoms with Crippen molar-refractivity contribution < 1.29 is 24.5 Å². The summed E-state index contributed by atoms with van der Waals surface area (Å²) in [6.07, 6.45) is 60.3. The maximum atomic E-state index is 13.2. The van der Waals surface area contributed by atoms with E-state index in [1.165, 1.54) is 161 Å². The number of amides is 1. The number of carbonyl (C=O) groups excluding carboxylic acids is 2. The first kappa shape index (κ1) is 59.8. The molecule has 0 aromatic heterocycles. The van der Waals surface area contributed by atoms with E-state index in [0.29, 0.717) is 19.3 Å². The minimum absolute atomic E-state index is 0.0644. The molecule has 6 heteroatoms. The van der Waals surface area contributed by atoms with Crippen LogP contribution in [0.25, 0.3) is 0 Å². The van der Waals surface area contributed by atoms with Gasteiger partial charge in [0, 0.05) is 6.42 Å². The molecule has 0 aliphatic heterocycles. The Morgan fingerprint density at radius 1 is 0.484 bits per heavy atom. The summed E-state index contributed by atoms with van der Waals surface area (Å²) in [7, 11) is 0. The molecule has 0 saturated carbocycles. The third-order valence-electron chi connectivity index (χ3n) is 12.3. The van der Waals surface area contributed by atoms with Gasteiger partial charge in [0.05, 0.1) is 25.2 Å². The molecular weight excluding hydrogens is 767 g/mol. The molecule has 0 rings (SSSR count). The van der Waals surface area contributed by atoms with Gasteiger partial charge in [-0.1, -0.05) is 262 Å². The number of ether oxygens (including phenoxy) is 1. The van der Waals surface area contributed by atoms with Crippen molar-refractivity contribution in [2.75, 3.05) is 6.61 Å². The molecule has 0 bridgehead atoms. The zero-order valence-corrected chi connectivity index (χ0v) is 41.3. The highest BCUT2D eigenvalue weighted by molar-refractivity contribution is 5.77. The summed E-state index contributed by atoms with van der Waals surface area (Å²) < 4.78 is 5.93. The lowest BCUT2D eigenvalue weighted by Gasteiger charge is -2.24. The Bertz CT molecular complexity index is 1070. The number of unbranched alkanes of at least 4 members (excludes halogenated alkanes) is 31. The number of hydrogen-bond acceptors (Lipinski definition) is 5. The van der Waals surface area contributed by atoms with E-state index in [4.69, 9.17) is 4.74 Å². The normalized spacial score (nSPS) is 13.6. The van der Waals surface area contributed by atoms with Gasteiger partial charge in [-0.25, -0.2) is 0 Å². The summed E-state index contributed by atoms with van der Waals surface area (Å²) >= 11 is 0. The van der Waals surface area contributed by atoms with Crippen molar-refractivity contribution in [3.05, 3.63) is 48.6 Å². The Hall–Kier alpha value is -2.18. The molecule has 0 aromatic rings. The highest BCUT2D eigenvalue weighted by Crippen LogP contribution is 2.18. The molecule has 3 atom stereocenters. The summed E-state index contributed by atoms with van der Waals surface area (Å²) in [6, 6.07) is -0.708. The van der Waals surface area contributed by atoms with E-state index >= 15 is 0 Å². The predicted octanol–water partition coefficient (Wildman–Crippen LogP) is 16.2. The molecular formula is C56H103NO5. The fourth-order valence-electron chi connectivity index (χ4n) is 8.21. The van der Waals surface area contributed by atoms with Crippen LogP contribution < -0.4 is 5.32 Å². The van der Waals surface area contributed by atoms with Gasteiger partial charge < -0.3 is 20.3 Å². The van der Waals surface area contributed by atoms with E-state index in [9.17, 15) is 19.8 Å². The van der Waals surface area contributed by atoms with Gasteiger partial charge in [0.15, 0.2) is 0 Å². The molecule has 0 aliphatic carbocycles. The second kappa shape index (κ2) is 49.8. The van der Waals surface area contributed by atoms with Crippen molar-refractivity contribution in [3.63, 3.8) is 0 Å². The second-order valence-electron chi connectivity index (χ2n) is 18.4. The topological polar surface area (TPSA) is 95.9 Å². The molecule has 362 valence electrons. The Balaban J connectivity index is 4.59. The first-order valence-corrected chi connectivity index (χ1v) is 26.9. The SMILES string of the molecule is CC/C=C/C=C/C=C\C=C/CCCCCC(=O)OC(CCCCCCCCCCCCCCCCCC)CC(=O)NC(CO)C(O)CCCCCCCCCCCCCCCC. The monoisotopic (exact) mass is 870 g/mol. The summed E-state index contributed by atoms with van der Waals surface area (Å²) in [6.45, 7) is 6.36. The van der Waals surface area contributed by atoms with Gasteiger partial charge >= 0.3 is 5.97 Å². The van der Waals surface area contributed by atoms with Crippen LogP contribution in [0.4, 0.5) is 0 Å². The largest absolute Gasteiger partial charge is 0.462 e. The molecule has 0 aromatic carbocycles. The maximum Gasteiger partial charge on any atom is 0.306 e. The third-order valence-corrected chi connectivity index (χ3v) is 12.3. The Morgan fingerprint density at radius 3 is 1.31 bits per heavy atom. The fourth-order valence-corrected chi connectivity index (χ4v) is 8.21. The van der Waals surface area contributed by atoms with Crippen LogP contribution in [0.3, 0.4) is 0 Å². The zero-order valence-electron chi connectivity index (χ0n) is 41.3. The standard InChI is InChI=1S/C56H103NO5/c1-4-7-10-13-16-19-22-25-27-28-30-32-35-38-41-44-47-52(62-56(61)49-46-43-40-37-34-29-24-21-18-15-12-9-6-3)50-55(60)57-53(51-58)54(59)48-45-42-39-36-33-31-26-23-20-17-14-11-8-5-2/h9,12,15,18,21,24,29,34,52-54,58-59H,4-8,10-11,13-14,16-17,19-20,22-23,25-28,30-33,35-51H2,1-3H3,(H,57,60)/b12-9+,18-15+,24-21-,34-29-. The first-order valence-electron chi connectivity index (χ1n) is 26.9. The van der Waals surface area contributed by atoms with Crippen LogP contribution in [0.1, 0.15) is 271 Å². The van der Waals surface area contributed by atoms with Crippen molar-refractivity contribution in [1.82, 2.24) is 5.32 Å². The van der Waals surface area contributed by atoms with Gasteiger partial charge in [0.25, 0.3) is 0 Å². The highest BCUT2D eigenvalue weighted by atomic mass is 16.5. The molecule has 3 unspecified atom stereocenters. The smallest absolute Gasteiger partial charge is 0.306 e. The first-order chi connectivity index (χ1) is 30.5. The third kappa shape index (κ3) is 44.4. The lowest BCUT2D eigenvalue weighted by Crippen LogP contribution is -2.46. The van der Waals surface area contributed by atoms with E-state index in [1.54, 1.807) is 0 Å². The second-order valence-corrected chi connectivity index (χ2v) is 18.4. The molecule has 3 N–H and O–H groups in total. The number of nitrogens with one attached hydrogen (secondary N) is 1. The number of esters is 1. The van der Waals surface area contributed by atoms with E-state index in [2.05, 4.69) is 50.4 Å². The highest BCUT2D eigenvalue weighted by Gasteiger charge is 2.24. The molecule has 0 fully saturated rings. The van der Waals surface area contributed by atoms with Crippen molar-refractivity contribution in [3.8, 4) is 0 Å². The van der Waals surface area contributed by atoms with Crippen molar-refractivity contribution in [1.29, 1.82) is 0 Å². The van der Waals surface area contributed by atoms with Gasteiger partial charge in [-0.3, -0.25) is 9.59 Å². The molecule has 0 aliphatic rings. The fraction of sp³-hybridized carbons (Fsp3) is 0.821. The van der Waals surface area contributed by atoms with E-state index < -0.39 is 18.2 Å². The van der Waals surface area contributed by atoms with Crippen molar-refractivity contribution in [2.24, 2.45) is 0 Å². The molecule has 6 nitrogen and oxygen atoms in total. The Labute approximate surface area is 385 Å². The number of carbonyl (C=O) groups is 2. The summed E-state index contributed by atoms with van der Waals surface area (Å²) in [5.41, 5.74) is 0. The van der Waals surface area contributed by atoms with Crippen LogP contribution in [-0.2, 0) is 14.3 Å². The van der Waals surface area contributed by atoms with E-state index in [0.717, 1.165) is 64.2 Å². The summed E-state index contributed by atoms with van der Waals surface area (Å²) in [5, 5.41) is 23.8. The Kier molecular flexibility index (Phi) is 48.1. The summed E-state index contributed by atoms with van der Waals surface area (Å²) in [5.74, 6) is -0.509. The number of allylic oxidation sites excluding steroid dienone is 8. The molecule has 0 spiro atoms. The number of aliphatic hydroxyl groups excluding tert-OH is 2. The van der Waals surface area contributed by atoms with Gasteiger partial charge in [-0.05, 0) is 44.9 Å². The van der Waals surface area contributed by atoms with Crippen LogP contribution in [0.2, 0.25) is 0 Å². The minimum Gasteiger partial charge on any atom is -0.462 e. The average Bonchev–Trinajstić information content (AvgIpc) is 3.26. The van der Waals surface area contributed by atoms with E-state index in [-0.39, 0.29) is 24.9 Å². The lowest BCUT2D eigenvalue weighted by molar-refractivity contribution is -0.151.